The maximum Gasteiger partial charge on any atom is 0.405 e. The highest BCUT2D eigenvalue weighted by Gasteiger charge is 2.35. The average molecular weight is 523 g/mol. The van der Waals surface area contributed by atoms with Crippen LogP contribution in [0.4, 0.5) is 19.0 Å². The highest BCUT2D eigenvalue weighted by Crippen LogP contribution is 2.28. The van der Waals surface area contributed by atoms with E-state index >= 15 is 0 Å². The van der Waals surface area contributed by atoms with E-state index in [-0.39, 0.29) is 6.42 Å². The van der Waals surface area contributed by atoms with E-state index in [0.29, 0.717) is 25.0 Å². The van der Waals surface area contributed by atoms with E-state index in [1.165, 1.54) is 6.92 Å². The van der Waals surface area contributed by atoms with Gasteiger partial charge in [-0.1, -0.05) is 26.6 Å². The first-order valence-electron chi connectivity index (χ1n) is 11.8. The minimum Gasteiger partial charge on any atom is -0.361 e. The zero-order valence-corrected chi connectivity index (χ0v) is 22.2. The first-order valence-corrected chi connectivity index (χ1v) is 15.5. The molecular formula is C24H33F3N6O2Si. The fourth-order valence-electron chi connectivity index (χ4n) is 3.46. The van der Waals surface area contributed by atoms with Gasteiger partial charge in [-0.15, -0.1) is 0 Å². The minimum absolute atomic E-state index is 0.244. The maximum absolute atomic E-state index is 12.6. The van der Waals surface area contributed by atoms with E-state index in [0.717, 1.165) is 22.6 Å². The molecule has 0 aliphatic carbocycles. The van der Waals surface area contributed by atoms with Gasteiger partial charge in [-0.05, 0) is 37.6 Å². The molecule has 3 heterocycles. The number of nitrogens with one attached hydrogen (secondary N) is 2. The topological polar surface area (TPSA) is 94.0 Å². The van der Waals surface area contributed by atoms with Gasteiger partial charge in [0.2, 0.25) is 5.91 Å². The number of halogens is 3. The molecule has 3 aromatic rings. The molecule has 0 saturated carbocycles. The Bertz CT molecular complexity index is 1190. The number of aromatic nitrogens is 4. The Kier molecular flexibility index (Phi) is 8.39. The third-order valence-corrected chi connectivity index (χ3v) is 7.52. The molecule has 0 unspecified atom stereocenters. The van der Waals surface area contributed by atoms with Crippen molar-refractivity contribution in [2.45, 2.75) is 64.4 Å². The van der Waals surface area contributed by atoms with Crippen molar-refractivity contribution in [3.63, 3.8) is 0 Å². The van der Waals surface area contributed by atoms with Crippen LogP contribution in [0.25, 0.3) is 22.4 Å². The summed E-state index contributed by atoms with van der Waals surface area (Å²) in [6.07, 6.45) is 0.871. The fourth-order valence-corrected chi connectivity index (χ4v) is 4.22. The molecule has 36 heavy (non-hydrogen) atoms. The van der Waals surface area contributed by atoms with Gasteiger partial charge >= 0.3 is 6.18 Å². The molecule has 0 radical (unpaired) electrons. The van der Waals surface area contributed by atoms with Gasteiger partial charge in [-0.2, -0.15) is 13.2 Å². The van der Waals surface area contributed by atoms with Gasteiger partial charge in [0.05, 0.1) is 0 Å². The van der Waals surface area contributed by atoms with Crippen LogP contribution in [0, 0.1) is 0 Å². The molecular weight excluding hydrogens is 489 g/mol. The highest BCUT2D eigenvalue weighted by molar-refractivity contribution is 6.76. The molecule has 0 saturated heterocycles. The molecule has 0 aliphatic heterocycles. The standard InChI is InChI=1S/C24H33F3N6O2Si/c1-6-23(2,22(34)30-15-24(25,26)27)32-19-9-11-28-20(31-19)18-14-33(16-35-12-13-36(3,4)5)21-17(18)8-7-10-29-21/h7-11,14H,6,12-13,15-16H2,1-5H3,(H,30,34)(H,28,31,32)/t23-/m0/s1. The Morgan fingerprint density at radius 1 is 1.17 bits per heavy atom. The van der Waals surface area contributed by atoms with Crippen molar-refractivity contribution in [2.75, 3.05) is 18.5 Å². The van der Waals surface area contributed by atoms with Crippen molar-refractivity contribution in [3.8, 4) is 11.4 Å². The number of fused-ring (bicyclic) bond motifs is 1. The summed E-state index contributed by atoms with van der Waals surface area (Å²) >= 11 is 0. The smallest absolute Gasteiger partial charge is 0.361 e. The SMILES string of the molecule is CC[C@](C)(Nc1ccnc(-c2cn(COCC[Si](C)(C)C)c3ncccc23)n1)C(=O)NCC(F)(F)F. The third-order valence-electron chi connectivity index (χ3n) is 5.82. The van der Waals surface area contributed by atoms with Gasteiger partial charge in [0.1, 0.15) is 30.3 Å². The molecule has 2 N–H and O–H groups in total. The van der Waals surface area contributed by atoms with E-state index < -0.39 is 32.2 Å². The minimum atomic E-state index is -4.49. The number of amides is 1. The second-order valence-electron chi connectivity index (χ2n) is 10.1. The number of pyridine rings is 1. The molecule has 0 aliphatic rings. The second kappa shape index (κ2) is 11.0. The molecule has 0 bridgehead atoms. The Morgan fingerprint density at radius 3 is 2.58 bits per heavy atom. The van der Waals surface area contributed by atoms with Crippen LogP contribution >= 0.6 is 0 Å². The fraction of sp³-hybridized carbons (Fsp3) is 0.500. The number of hydrogen-bond acceptors (Lipinski definition) is 6. The van der Waals surface area contributed by atoms with E-state index in [4.69, 9.17) is 4.74 Å². The van der Waals surface area contributed by atoms with Crippen molar-refractivity contribution in [2.24, 2.45) is 0 Å². The lowest BCUT2D eigenvalue weighted by Crippen LogP contribution is -2.52. The summed E-state index contributed by atoms with van der Waals surface area (Å²) in [5, 5.41) is 5.77. The van der Waals surface area contributed by atoms with Crippen LogP contribution in [0.1, 0.15) is 20.3 Å². The number of nitrogens with zero attached hydrogens (tertiary/aromatic N) is 4. The van der Waals surface area contributed by atoms with Gasteiger partial charge in [-0.3, -0.25) is 4.79 Å². The zero-order chi connectivity index (χ0) is 26.6. The molecule has 0 aromatic carbocycles. The van der Waals surface area contributed by atoms with E-state index in [2.05, 4.69) is 39.9 Å². The second-order valence-corrected chi connectivity index (χ2v) is 15.7. The predicted molar refractivity (Wildman–Crippen MR) is 136 cm³/mol. The molecule has 3 aromatic heterocycles. The predicted octanol–water partition coefficient (Wildman–Crippen LogP) is 5.06. The number of rotatable bonds is 11. The van der Waals surface area contributed by atoms with Crippen LogP contribution in [-0.2, 0) is 16.3 Å². The summed E-state index contributed by atoms with van der Waals surface area (Å²) in [5.74, 6) is -0.0468. The summed E-state index contributed by atoms with van der Waals surface area (Å²) in [5.41, 5.74) is 0.166. The van der Waals surface area contributed by atoms with Gasteiger partial charge in [-0.25, -0.2) is 15.0 Å². The monoisotopic (exact) mass is 522 g/mol. The van der Waals surface area contributed by atoms with Crippen molar-refractivity contribution in [1.82, 2.24) is 24.8 Å². The highest BCUT2D eigenvalue weighted by atomic mass is 28.3. The van der Waals surface area contributed by atoms with Gasteiger partial charge in [0, 0.05) is 44.2 Å². The van der Waals surface area contributed by atoms with Crippen molar-refractivity contribution in [1.29, 1.82) is 0 Å². The quantitative estimate of drug-likeness (QED) is 0.270. The third kappa shape index (κ3) is 7.26. The van der Waals surface area contributed by atoms with Gasteiger partial charge in [0.15, 0.2) is 5.82 Å². The van der Waals surface area contributed by atoms with Crippen molar-refractivity contribution in [3.05, 3.63) is 36.8 Å². The number of carbonyl (C=O) groups excluding carboxylic acids is 1. The lowest BCUT2D eigenvalue weighted by atomic mass is 9.97. The summed E-state index contributed by atoms with van der Waals surface area (Å²) in [4.78, 5) is 26.0. The van der Waals surface area contributed by atoms with Crippen LogP contribution < -0.4 is 10.6 Å². The summed E-state index contributed by atoms with van der Waals surface area (Å²) in [6, 6.07) is 6.37. The summed E-state index contributed by atoms with van der Waals surface area (Å²) in [7, 11) is -1.21. The molecule has 8 nitrogen and oxygen atoms in total. The average Bonchev–Trinajstić information content (AvgIpc) is 3.18. The molecule has 12 heteroatoms. The molecule has 196 valence electrons. The number of anilines is 1. The van der Waals surface area contributed by atoms with E-state index in [9.17, 15) is 18.0 Å². The maximum atomic E-state index is 12.6. The molecule has 1 amide bonds. The molecule has 3 rings (SSSR count). The Hall–Kier alpha value is -2.99. The number of hydrogen-bond donors (Lipinski definition) is 2. The normalized spacial score (nSPS) is 14.0. The van der Waals surface area contributed by atoms with E-state index in [1.54, 1.807) is 25.4 Å². The molecule has 1 atom stereocenters. The van der Waals surface area contributed by atoms with Gasteiger partial charge < -0.3 is 19.9 Å². The summed E-state index contributed by atoms with van der Waals surface area (Å²) in [6.45, 7) is 9.74. The number of ether oxygens (including phenoxy) is 1. The van der Waals surface area contributed by atoms with Crippen LogP contribution in [0.3, 0.4) is 0 Å². The van der Waals surface area contributed by atoms with E-state index in [1.807, 2.05) is 28.2 Å². The number of carbonyl (C=O) groups is 1. The van der Waals surface area contributed by atoms with Crippen LogP contribution in [0.15, 0.2) is 36.8 Å². The Labute approximate surface area is 209 Å². The lowest BCUT2D eigenvalue weighted by Gasteiger charge is -2.29. The summed E-state index contributed by atoms with van der Waals surface area (Å²) < 4.78 is 45.6. The van der Waals surface area contributed by atoms with Crippen molar-refractivity contribution >= 4 is 30.8 Å². The largest absolute Gasteiger partial charge is 0.405 e. The number of alkyl halides is 3. The van der Waals surface area contributed by atoms with Crippen molar-refractivity contribution < 1.29 is 22.7 Å². The Morgan fingerprint density at radius 2 is 1.92 bits per heavy atom. The molecule has 0 fully saturated rings. The van der Waals surface area contributed by atoms with Crippen LogP contribution in [-0.4, -0.2) is 58.4 Å². The van der Waals surface area contributed by atoms with Crippen LogP contribution in [0.2, 0.25) is 25.7 Å². The Balaban J connectivity index is 1.83. The lowest BCUT2D eigenvalue weighted by molar-refractivity contribution is -0.140. The first-order chi connectivity index (χ1) is 16.8. The zero-order valence-electron chi connectivity index (χ0n) is 21.2. The van der Waals surface area contributed by atoms with Gasteiger partial charge in [0.25, 0.3) is 0 Å². The van der Waals surface area contributed by atoms with Crippen LogP contribution in [0.5, 0.6) is 0 Å². The molecule has 0 spiro atoms. The first kappa shape index (κ1) is 27.6.